The predicted molar refractivity (Wildman–Crippen MR) is 57.8 cm³/mol. The number of hydrogen-bond acceptors (Lipinski definition) is 5. The summed E-state index contributed by atoms with van der Waals surface area (Å²) in [7, 11) is 0. The molecule has 7 heteroatoms. The van der Waals surface area contributed by atoms with Gasteiger partial charge in [0.1, 0.15) is 11.9 Å². The number of nitrogens with two attached hydrogens (primary N) is 1. The van der Waals surface area contributed by atoms with Crippen molar-refractivity contribution in [3.63, 3.8) is 0 Å². The van der Waals surface area contributed by atoms with Crippen molar-refractivity contribution in [1.29, 1.82) is 0 Å². The van der Waals surface area contributed by atoms with Crippen LogP contribution in [0.3, 0.4) is 0 Å². The van der Waals surface area contributed by atoms with Crippen LogP contribution in [-0.2, 0) is 4.74 Å². The van der Waals surface area contributed by atoms with E-state index in [1.54, 1.807) is 6.08 Å². The minimum atomic E-state index is -0.737. The maximum Gasteiger partial charge on any atom is 0.351 e. The molecule has 0 amide bonds. The first-order chi connectivity index (χ1) is 7.61. The first-order valence-electron chi connectivity index (χ1n) is 4.60. The van der Waals surface area contributed by atoms with Crippen LogP contribution in [-0.4, -0.2) is 27.4 Å². The quantitative estimate of drug-likeness (QED) is 0.753. The van der Waals surface area contributed by atoms with Crippen molar-refractivity contribution in [2.75, 3.05) is 12.3 Å². The standard InChI is InChI=1S/C9H10ClN3O3/c10-6-3-5(4-14)16-8(6)13-2-1-7(11)12-9(13)15/h1-3,5,8,14H,4H2,(H2,11,12,15)/t5-,8+/m0/s1. The van der Waals surface area contributed by atoms with E-state index in [0.29, 0.717) is 5.03 Å². The van der Waals surface area contributed by atoms with Crippen LogP contribution in [0.15, 0.2) is 28.2 Å². The monoisotopic (exact) mass is 243 g/mol. The van der Waals surface area contributed by atoms with Gasteiger partial charge in [0.2, 0.25) is 0 Å². The second kappa shape index (κ2) is 4.25. The van der Waals surface area contributed by atoms with E-state index in [2.05, 4.69) is 4.98 Å². The van der Waals surface area contributed by atoms with E-state index < -0.39 is 18.0 Å². The van der Waals surface area contributed by atoms with E-state index >= 15 is 0 Å². The van der Waals surface area contributed by atoms with Gasteiger partial charge in [-0.2, -0.15) is 4.98 Å². The Kier molecular flexibility index (Phi) is 2.95. The van der Waals surface area contributed by atoms with Crippen LogP contribution in [0.4, 0.5) is 5.82 Å². The van der Waals surface area contributed by atoms with Gasteiger partial charge in [-0.25, -0.2) is 4.79 Å². The Labute approximate surface area is 95.9 Å². The third-order valence-corrected chi connectivity index (χ3v) is 2.48. The van der Waals surface area contributed by atoms with E-state index in [1.165, 1.54) is 16.8 Å². The second-order valence-corrected chi connectivity index (χ2v) is 3.74. The van der Waals surface area contributed by atoms with Gasteiger partial charge in [-0.15, -0.1) is 0 Å². The minimum absolute atomic E-state index is 0.137. The van der Waals surface area contributed by atoms with Crippen LogP contribution in [0.25, 0.3) is 0 Å². The smallest absolute Gasteiger partial charge is 0.351 e. The van der Waals surface area contributed by atoms with Gasteiger partial charge in [-0.05, 0) is 12.1 Å². The molecular formula is C9H10ClN3O3. The Bertz CT molecular complexity index is 485. The van der Waals surface area contributed by atoms with Crippen LogP contribution in [0.5, 0.6) is 0 Å². The number of nitrogens with zero attached hydrogens (tertiary/aromatic N) is 2. The molecule has 3 N–H and O–H groups in total. The summed E-state index contributed by atoms with van der Waals surface area (Å²) >= 11 is 5.90. The number of hydrogen-bond donors (Lipinski definition) is 2. The molecular weight excluding hydrogens is 234 g/mol. The molecule has 16 heavy (non-hydrogen) atoms. The highest BCUT2D eigenvalue weighted by Gasteiger charge is 2.27. The summed E-state index contributed by atoms with van der Waals surface area (Å²) in [5.41, 5.74) is 4.82. The fourth-order valence-corrected chi connectivity index (χ4v) is 1.73. The number of anilines is 1. The topological polar surface area (TPSA) is 90.4 Å². The molecule has 1 aliphatic heterocycles. The molecule has 2 atom stereocenters. The summed E-state index contributed by atoms with van der Waals surface area (Å²) < 4.78 is 6.55. The number of halogens is 1. The average Bonchev–Trinajstić information content (AvgIpc) is 2.60. The molecule has 0 spiro atoms. The summed E-state index contributed by atoms with van der Waals surface area (Å²) in [5, 5.41) is 9.25. The highest BCUT2D eigenvalue weighted by Crippen LogP contribution is 2.30. The third-order valence-electron chi connectivity index (χ3n) is 2.17. The summed E-state index contributed by atoms with van der Waals surface area (Å²) in [4.78, 5) is 15.1. The second-order valence-electron chi connectivity index (χ2n) is 3.30. The molecule has 1 aromatic heterocycles. The molecule has 0 radical (unpaired) electrons. The number of ether oxygens (including phenoxy) is 1. The Morgan fingerprint density at radius 3 is 3.00 bits per heavy atom. The molecule has 0 aliphatic carbocycles. The van der Waals surface area contributed by atoms with Crippen LogP contribution < -0.4 is 11.4 Å². The van der Waals surface area contributed by atoms with E-state index in [-0.39, 0.29) is 12.4 Å². The molecule has 2 rings (SSSR count). The number of nitrogen functional groups attached to an aromatic ring is 1. The van der Waals surface area contributed by atoms with Gasteiger partial charge in [0.15, 0.2) is 6.23 Å². The lowest BCUT2D eigenvalue weighted by Crippen LogP contribution is -2.28. The molecule has 0 unspecified atom stereocenters. The summed E-state index contributed by atoms with van der Waals surface area (Å²) in [5.74, 6) is 0.137. The number of aliphatic hydroxyl groups is 1. The van der Waals surface area contributed by atoms with Crippen molar-refractivity contribution in [1.82, 2.24) is 9.55 Å². The Balaban J connectivity index is 2.33. The third kappa shape index (κ3) is 1.95. The molecule has 6 nitrogen and oxygen atoms in total. The zero-order valence-corrected chi connectivity index (χ0v) is 8.96. The minimum Gasteiger partial charge on any atom is -0.393 e. The largest absolute Gasteiger partial charge is 0.393 e. The molecule has 1 aromatic rings. The van der Waals surface area contributed by atoms with Crippen LogP contribution in [0.2, 0.25) is 0 Å². The van der Waals surface area contributed by atoms with Gasteiger partial charge >= 0.3 is 5.69 Å². The SMILES string of the molecule is Nc1ccn([C@@H]2O[C@H](CO)C=C2Cl)c(=O)n1. The van der Waals surface area contributed by atoms with Crippen molar-refractivity contribution < 1.29 is 9.84 Å². The zero-order valence-electron chi connectivity index (χ0n) is 8.21. The number of rotatable bonds is 2. The van der Waals surface area contributed by atoms with Gasteiger partial charge in [0.25, 0.3) is 0 Å². The molecule has 0 fully saturated rings. The summed E-state index contributed by atoms with van der Waals surface area (Å²) in [6.45, 7) is -0.191. The maximum atomic E-state index is 11.5. The highest BCUT2D eigenvalue weighted by atomic mass is 35.5. The van der Waals surface area contributed by atoms with Crippen molar-refractivity contribution in [2.24, 2.45) is 0 Å². The Morgan fingerprint density at radius 2 is 2.44 bits per heavy atom. The van der Waals surface area contributed by atoms with E-state index in [4.69, 9.17) is 27.2 Å². The van der Waals surface area contributed by atoms with Gasteiger partial charge in [-0.1, -0.05) is 11.6 Å². The fourth-order valence-electron chi connectivity index (χ4n) is 1.43. The van der Waals surface area contributed by atoms with Gasteiger partial charge in [0.05, 0.1) is 11.6 Å². The molecule has 0 bridgehead atoms. The summed E-state index contributed by atoms with van der Waals surface area (Å²) in [6.07, 6.45) is 1.77. The van der Waals surface area contributed by atoms with Crippen LogP contribution in [0.1, 0.15) is 6.23 Å². The number of aliphatic hydroxyl groups excluding tert-OH is 1. The van der Waals surface area contributed by atoms with E-state index in [9.17, 15) is 4.79 Å². The Morgan fingerprint density at radius 1 is 1.69 bits per heavy atom. The van der Waals surface area contributed by atoms with E-state index in [0.717, 1.165) is 0 Å². The summed E-state index contributed by atoms with van der Waals surface area (Å²) in [6, 6.07) is 1.47. The van der Waals surface area contributed by atoms with Crippen molar-refractivity contribution in [3.8, 4) is 0 Å². The first kappa shape index (κ1) is 11.1. The lowest BCUT2D eigenvalue weighted by Gasteiger charge is -2.15. The van der Waals surface area contributed by atoms with Gasteiger partial charge < -0.3 is 15.6 Å². The molecule has 0 aromatic carbocycles. The lowest BCUT2D eigenvalue weighted by molar-refractivity contribution is -0.0118. The first-order valence-corrected chi connectivity index (χ1v) is 4.98. The van der Waals surface area contributed by atoms with Crippen molar-refractivity contribution in [3.05, 3.63) is 33.9 Å². The normalized spacial score (nSPS) is 24.5. The Hall–Kier alpha value is -1.37. The van der Waals surface area contributed by atoms with Crippen molar-refractivity contribution in [2.45, 2.75) is 12.3 Å². The lowest BCUT2D eigenvalue weighted by atomic mass is 10.4. The highest BCUT2D eigenvalue weighted by molar-refractivity contribution is 6.30. The van der Waals surface area contributed by atoms with Gasteiger partial charge in [-0.3, -0.25) is 4.57 Å². The zero-order chi connectivity index (χ0) is 11.7. The molecule has 86 valence electrons. The van der Waals surface area contributed by atoms with Gasteiger partial charge in [0, 0.05) is 6.20 Å². The number of aromatic nitrogens is 2. The average molecular weight is 244 g/mol. The molecule has 1 aliphatic rings. The molecule has 0 saturated carbocycles. The van der Waals surface area contributed by atoms with Crippen molar-refractivity contribution >= 4 is 17.4 Å². The molecule has 2 heterocycles. The van der Waals surface area contributed by atoms with Crippen LogP contribution >= 0.6 is 11.6 Å². The van der Waals surface area contributed by atoms with Crippen LogP contribution in [0, 0.1) is 0 Å². The van der Waals surface area contributed by atoms with E-state index in [1.807, 2.05) is 0 Å². The maximum absolute atomic E-state index is 11.5. The predicted octanol–water partition coefficient (Wildman–Crippen LogP) is -0.162. The fraction of sp³-hybridized carbons (Fsp3) is 0.333. The molecule has 0 saturated heterocycles.